The number of nitrogen functional groups attached to an aromatic ring is 1. The minimum Gasteiger partial charge on any atom is -0.399 e. The molecule has 0 spiro atoms. The first-order chi connectivity index (χ1) is 7.15. The third-order valence-corrected chi connectivity index (χ3v) is 2.31. The number of nitrogens with zero attached hydrogens (tertiary/aromatic N) is 2. The van der Waals surface area contributed by atoms with E-state index in [-0.39, 0.29) is 0 Å². The molecule has 80 valence electrons. The predicted octanol–water partition coefficient (Wildman–Crippen LogP) is 2.40. The van der Waals surface area contributed by atoms with Gasteiger partial charge in [-0.25, -0.2) is 0 Å². The molecule has 0 aromatic heterocycles. The molecule has 3 heteroatoms. The van der Waals surface area contributed by atoms with Gasteiger partial charge in [-0.1, -0.05) is 0 Å². The van der Waals surface area contributed by atoms with Crippen LogP contribution in [-0.2, 0) is 0 Å². The maximum absolute atomic E-state index is 8.59. The van der Waals surface area contributed by atoms with Crippen LogP contribution in [-0.4, -0.2) is 12.6 Å². The molecule has 1 rings (SSSR count). The number of hydrogen-bond donors (Lipinski definition) is 1. The number of nitrogens with two attached hydrogens (primary N) is 1. The maximum atomic E-state index is 8.59. The molecule has 0 bridgehead atoms. The van der Waals surface area contributed by atoms with Gasteiger partial charge in [0.05, 0.1) is 12.5 Å². The Morgan fingerprint density at radius 2 is 1.93 bits per heavy atom. The first-order valence-electron chi connectivity index (χ1n) is 5.14. The third kappa shape index (κ3) is 3.17. The largest absolute Gasteiger partial charge is 0.399 e. The SMILES string of the molecule is CC(C)N(CCC#N)c1ccc(N)cc1. The van der Waals surface area contributed by atoms with E-state index in [1.165, 1.54) is 0 Å². The standard InChI is InChI=1S/C12H17N3/c1-10(2)15(9-3-8-13)12-6-4-11(14)5-7-12/h4-7,10H,3,9,14H2,1-2H3. The highest BCUT2D eigenvalue weighted by Crippen LogP contribution is 2.18. The van der Waals surface area contributed by atoms with Crippen LogP contribution in [0.2, 0.25) is 0 Å². The van der Waals surface area contributed by atoms with Gasteiger partial charge in [0.15, 0.2) is 0 Å². The molecule has 0 amide bonds. The average Bonchev–Trinajstić information content (AvgIpc) is 2.21. The Kier molecular flexibility index (Phi) is 3.99. The number of nitriles is 1. The van der Waals surface area contributed by atoms with E-state index in [2.05, 4.69) is 24.8 Å². The van der Waals surface area contributed by atoms with Crippen LogP contribution in [0.1, 0.15) is 20.3 Å². The Balaban J connectivity index is 2.80. The Hall–Kier alpha value is -1.69. The minimum absolute atomic E-state index is 0.391. The minimum atomic E-state index is 0.391. The van der Waals surface area contributed by atoms with Gasteiger partial charge in [0.2, 0.25) is 0 Å². The smallest absolute Gasteiger partial charge is 0.0640 e. The highest BCUT2D eigenvalue weighted by Gasteiger charge is 2.09. The zero-order valence-electron chi connectivity index (χ0n) is 9.27. The molecular formula is C12H17N3. The zero-order chi connectivity index (χ0) is 11.3. The molecule has 0 aliphatic heterocycles. The molecule has 1 aromatic carbocycles. The van der Waals surface area contributed by atoms with Crippen LogP contribution in [0.15, 0.2) is 24.3 Å². The van der Waals surface area contributed by atoms with Crippen LogP contribution in [0.3, 0.4) is 0 Å². The lowest BCUT2D eigenvalue weighted by Gasteiger charge is -2.28. The molecule has 2 N–H and O–H groups in total. The molecule has 3 nitrogen and oxygen atoms in total. The van der Waals surface area contributed by atoms with Crippen molar-refractivity contribution in [3.8, 4) is 6.07 Å². The molecule has 0 fully saturated rings. The van der Waals surface area contributed by atoms with E-state index in [1.54, 1.807) is 0 Å². The van der Waals surface area contributed by atoms with Crippen LogP contribution in [0.25, 0.3) is 0 Å². The fourth-order valence-corrected chi connectivity index (χ4v) is 1.52. The van der Waals surface area contributed by atoms with Crippen molar-refractivity contribution < 1.29 is 0 Å². The summed E-state index contributed by atoms with van der Waals surface area (Å²) in [5.41, 5.74) is 7.52. The predicted molar refractivity (Wildman–Crippen MR) is 63.6 cm³/mol. The monoisotopic (exact) mass is 203 g/mol. The molecule has 0 atom stereocenters. The summed E-state index contributed by atoms with van der Waals surface area (Å²) in [5.74, 6) is 0. The molecule has 0 radical (unpaired) electrons. The van der Waals surface area contributed by atoms with Crippen LogP contribution < -0.4 is 10.6 Å². The molecule has 0 aliphatic carbocycles. The third-order valence-electron chi connectivity index (χ3n) is 2.31. The van der Waals surface area contributed by atoms with Gasteiger partial charge in [-0.3, -0.25) is 0 Å². The summed E-state index contributed by atoms with van der Waals surface area (Å²) in [4.78, 5) is 2.20. The number of rotatable bonds is 4. The second kappa shape index (κ2) is 5.26. The van der Waals surface area contributed by atoms with Gasteiger partial charge in [-0.2, -0.15) is 5.26 Å². The lowest BCUT2D eigenvalue weighted by Crippen LogP contribution is -2.31. The molecule has 0 heterocycles. The van der Waals surface area contributed by atoms with Crippen molar-refractivity contribution in [3.63, 3.8) is 0 Å². The number of anilines is 2. The second-order valence-electron chi connectivity index (χ2n) is 3.79. The van der Waals surface area contributed by atoms with Crippen molar-refractivity contribution >= 4 is 11.4 Å². The van der Waals surface area contributed by atoms with Gasteiger partial charge >= 0.3 is 0 Å². The zero-order valence-corrected chi connectivity index (χ0v) is 9.27. The molecule has 0 saturated heterocycles. The molecule has 1 aromatic rings. The molecule has 0 unspecified atom stereocenters. The second-order valence-corrected chi connectivity index (χ2v) is 3.79. The number of benzene rings is 1. The topological polar surface area (TPSA) is 53.0 Å². The quantitative estimate of drug-likeness (QED) is 0.764. The van der Waals surface area contributed by atoms with Crippen LogP contribution in [0.5, 0.6) is 0 Å². The average molecular weight is 203 g/mol. The van der Waals surface area contributed by atoms with E-state index in [4.69, 9.17) is 11.0 Å². The van der Waals surface area contributed by atoms with E-state index in [0.717, 1.165) is 17.9 Å². The summed E-state index contributed by atoms with van der Waals surface area (Å²) in [7, 11) is 0. The van der Waals surface area contributed by atoms with Crippen molar-refractivity contribution in [2.45, 2.75) is 26.3 Å². The molecule has 0 saturated carbocycles. The lowest BCUT2D eigenvalue weighted by atomic mass is 10.2. The van der Waals surface area contributed by atoms with E-state index < -0.39 is 0 Å². The van der Waals surface area contributed by atoms with Gasteiger partial charge < -0.3 is 10.6 Å². The van der Waals surface area contributed by atoms with Crippen LogP contribution in [0.4, 0.5) is 11.4 Å². The summed E-state index contributed by atoms with van der Waals surface area (Å²) < 4.78 is 0. The highest BCUT2D eigenvalue weighted by molar-refractivity contribution is 5.53. The number of hydrogen-bond acceptors (Lipinski definition) is 3. The summed E-state index contributed by atoms with van der Waals surface area (Å²) in [6.45, 7) is 5.00. The van der Waals surface area contributed by atoms with Crippen molar-refractivity contribution in [1.29, 1.82) is 5.26 Å². The Morgan fingerprint density at radius 1 is 1.33 bits per heavy atom. The Labute approximate surface area is 91.1 Å². The summed E-state index contributed by atoms with van der Waals surface area (Å²) >= 11 is 0. The van der Waals surface area contributed by atoms with Crippen molar-refractivity contribution in [3.05, 3.63) is 24.3 Å². The normalized spacial score (nSPS) is 10.0. The van der Waals surface area contributed by atoms with Crippen LogP contribution >= 0.6 is 0 Å². The van der Waals surface area contributed by atoms with E-state index in [9.17, 15) is 0 Å². The first-order valence-corrected chi connectivity index (χ1v) is 5.14. The lowest BCUT2D eigenvalue weighted by molar-refractivity contribution is 0.687. The van der Waals surface area contributed by atoms with Gasteiger partial charge in [0.1, 0.15) is 0 Å². The highest BCUT2D eigenvalue weighted by atomic mass is 15.1. The van der Waals surface area contributed by atoms with E-state index >= 15 is 0 Å². The van der Waals surface area contributed by atoms with E-state index in [0.29, 0.717) is 12.5 Å². The summed E-state index contributed by atoms with van der Waals surface area (Å²) in [6, 6.07) is 10.3. The van der Waals surface area contributed by atoms with Crippen molar-refractivity contribution in [1.82, 2.24) is 0 Å². The Morgan fingerprint density at radius 3 is 2.40 bits per heavy atom. The van der Waals surface area contributed by atoms with Gasteiger partial charge in [-0.15, -0.1) is 0 Å². The van der Waals surface area contributed by atoms with Crippen LogP contribution in [0, 0.1) is 11.3 Å². The summed E-state index contributed by atoms with van der Waals surface area (Å²) in [5, 5.41) is 8.59. The summed E-state index contributed by atoms with van der Waals surface area (Å²) in [6.07, 6.45) is 0.544. The van der Waals surface area contributed by atoms with Crippen molar-refractivity contribution in [2.75, 3.05) is 17.2 Å². The fourth-order valence-electron chi connectivity index (χ4n) is 1.52. The molecular weight excluding hydrogens is 186 g/mol. The molecule has 0 aliphatic rings. The van der Waals surface area contributed by atoms with E-state index in [1.807, 2.05) is 24.3 Å². The Bertz CT molecular complexity index is 335. The van der Waals surface area contributed by atoms with Gasteiger partial charge in [0.25, 0.3) is 0 Å². The van der Waals surface area contributed by atoms with Crippen molar-refractivity contribution in [2.24, 2.45) is 0 Å². The maximum Gasteiger partial charge on any atom is 0.0640 e. The molecule has 15 heavy (non-hydrogen) atoms. The van der Waals surface area contributed by atoms with Gasteiger partial charge in [-0.05, 0) is 38.1 Å². The first kappa shape index (κ1) is 11.4. The fraction of sp³-hybridized carbons (Fsp3) is 0.417. The van der Waals surface area contributed by atoms with Gasteiger partial charge in [0, 0.05) is 24.0 Å².